The highest BCUT2D eigenvalue weighted by Crippen LogP contribution is 2.39. The van der Waals surface area contributed by atoms with Crippen LogP contribution in [0.15, 0.2) is 48.7 Å². The molecular weight excluding hydrogens is 796 g/mol. The molecule has 0 aliphatic carbocycles. The molecule has 4 aromatic rings. The van der Waals surface area contributed by atoms with E-state index in [-0.39, 0.29) is 56.1 Å². The first kappa shape index (κ1) is 44.7. The largest absolute Gasteiger partial charge is 0.484 e. The van der Waals surface area contributed by atoms with Crippen LogP contribution < -0.4 is 20.5 Å². The summed E-state index contributed by atoms with van der Waals surface area (Å²) in [4.78, 5) is 32.1. The lowest BCUT2D eigenvalue weighted by atomic mass is 9.73. The molecule has 1 aliphatic rings. The second kappa shape index (κ2) is 18.2. The number of halogens is 3. The highest BCUT2D eigenvalue weighted by Gasteiger charge is 2.48. The number of sulfonamides is 1. The fourth-order valence-corrected chi connectivity index (χ4v) is 6.89. The summed E-state index contributed by atoms with van der Waals surface area (Å²) in [5.41, 5.74) is 6.42. The third-order valence-electron chi connectivity index (χ3n) is 10.0. The number of ether oxygens (including phenoxy) is 3. The van der Waals surface area contributed by atoms with Gasteiger partial charge in [0.2, 0.25) is 11.8 Å². The van der Waals surface area contributed by atoms with E-state index in [4.69, 9.17) is 19.9 Å². The summed E-state index contributed by atoms with van der Waals surface area (Å²) < 4.78 is 85.0. The fourth-order valence-electron chi connectivity index (χ4n) is 6.33. The van der Waals surface area contributed by atoms with E-state index >= 15 is 0 Å². The highest BCUT2D eigenvalue weighted by molar-refractivity contribution is 7.93. The SMILES string of the molecule is C[C@H](Oc1cc(-c2nn(C)c3c(C#CCOCCOCC(=O)N[C@@](C)(C(=O)N4CC[C@@H](O)C4)C(C)(C)C)cnc(N)c23)ccc1NS(=O)(=O)C(F)F)c1ccc(F)cc1. The van der Waals surface area contributed by atoms with Crippen molar-refractivity contribution in [3.8, 4) is 28.8 Å². The molecule has 2 amide bonds. The van der Waals surface area contributed by atoms with E-state index in [9.17, 15) is 36.3 Å². The van der Waals surface area contributed by atoms with Crippen LogP contribution in [0.1, 0.15) is 58.3 Å². The van der Waals surface area contributed by atoms with Gasteiger partial charge in [0.05, 0.1) is 41.5 Å². The Morgan fingerprint density at radius 3 is 2.44 bits per heavy atom. The van der Waals surface area contributed by atoms with Crippen molar-refractivity contribution in [3.05, 3.63) is 65.6 Å². The summed E-state index contributed by atoms with van der Waals surface area (Å²) in [5, 5.41) is 17.8. The van der Waals surface area contributed by atoms with Crippen molar-refractivity contribution in [2.24, 2.45) is 12.5 Å². The summed E-state index contributed by atoms with van der Waals surface area (Å²) in [6, 6.07) is 9.56. The van der Waals surface area contributed by atoms with Gasteiger partial charge in [-0.25, -0.2) is 17.8 Å². The Bertz CT molecular complexity index is 2340. The number of β-amino-alcohol motifs (C(OH)–C–C–N with tert-alkyl or cyclic N) is 1. The third kappa shape index (κ3) is 10.4. The predicted octanol–water partition coefficient (Wildman–Crippen LogP) is 4.36. The van der Waals surface area contributed by atoms with Crippen molar-refractivity contribution in [1.82, 2.24) is 25.0 Å². The molecule has 318 valence electrons. The van der Waals surface area contributed by atoms with E-state index in [1.54, 1.807) is 25.8 Å². The van der Waals surface area contributed by atoms with Crippen molar-refractivity contribution in [2.45, 2.75) is 64.5 Å². The van der Waals surface area contributed by atoms with Crippen LogP contribution in [-0.4, -0.2) is 102 Å². The number of hydrogen-bond donors (Lipinski definition) is 4. The fraction of sp³-hybridized carbons (Fsp3) is 0.450. The number of benzene rings is 2. The molecule has 59 heavy (non-hydrogen) atoms. The summed E-state index contributed by atoms with van der Waals surface area (Å²) in [6.07, 6.45) is 0.615. The molecule has 5 N–H and O–H groups in total. The normalized spacial score (nSPS) is 16.1. The molecule has 3 heterocycles. The van der Waals surface area contributed by atoms with E-state index in [2.05, 4.69) is 27.2 Å². The van der Waals surface area contributed by atoms with Crippen molar-refractivity contribution in [1.29, 1.82) is 0 Å². The number of aryl methyl sites for hydroxylation is 1. The zero-order chi connectivity index (χ0) is 43.3. The Morgan fingerprint density at radius 2 is 1.80 bits per heavy atom. The molecule has 2 aromatic carbocycles. The molecular formula is C40H48F3N7O8S. The number of nitrogens with one attached hydrogen (secondary N) is 2. The molecule has 19 heteroatoms. The number of aliphatic hydroxyl groups excluding tert-OH is 1. The Labute approximate surface area is 340 Å². The Kier molecular flexibility index (Phi) is 13.8. The third-order valence-corrected chi connectivity index (χ3v) is 11.0. The van der Waals surface area contributed by atoms with E-state index < -0.39 is 50.7 Å². The number of nitrogens with two attached hydrogens (primary N) is 1. The Morgan fingerprint density at radius 1 is 1.10 bits per heavy atom. The highest BCUT2D eigenvalue weighted by atomic mass is 32.2. The minimum atomic E-state index is -5.07. The number of likely N-dealkylation sites (tertiary alicyclic amines) is 1. The lowest BCUT2D eigenvalue weighted by molar-refractivity contribution is -0.146. The van der Waals surface area contributed by atoms with Crippen LogP contribution in [0.3, 0.4) is 0 Å². The van der Waals surface area contributed by atoms with Gasteiger partial charge in [-0.3, -0.25) is 19.0 Å². The second-order valence-corrected chi connectivity index (χ2v) is 16.9. The van der Waals surface area contributed by atoms with Crippen molar-refractivity contribution in [2.75, 3.05) is 50.0 Å². The van der Waals surface area contributed by atoms with Gasteiger partial charge in [0.15, 0.2) is 0 Å². The number of nitrogens with zero attached hydrogens (tertiary/aromatic N) is 4. The molecule has 1 fully saturated rings. The number of rotatable bonds is 15. The molecule has 0 radical (unpaired) electrons. The summed E-state index contributed by atoms with van der Waals surface area (Å²) in [6.45, 7) is 9.38. The molecule has 0 spiro atoms. The standard InChI is InChI=1S/C40H48F3N7O8S/c1-24(25-9-12-28(41)13-10-25)58-31-20-26(11-14-30(31)48-59(54,55)38(42)43)34-33-35(49(6)47-34)27(21-45-36(33)44)8-7-17-56-18-19-57-23-32(52)46-40(5,39(2,3)4)37(53)50-16-15-29(51)22-50/h9-14,20-21,24,29,38,48,51H,15-19,22-23H2,1-6H3,(H2,44,45)(H,46,52)/t24-,29+,40-/m0/s1. The van der Waals surface area contributed by atoms with E-state index in [1.165, 1.54) is 53.3 Å². The summed E-state index contributed by atoms with van der Waals surface area (Å²) in [5.74, 6) is 0.991. The number of carbonyl (C=O) groups excluding carboxylic acids is 2. The number of aromatic nitrogens is 3. The number of anilines is 2. The first-order valence-corrected chi connectivity index (χ1v) is 20.2. The molecule has 15 nitrogen and oxygen atoms in total. The van der Waals surface area contributed by atoms with Crippen LogP contribution in [0.5, 0.6) is 5.75 Å². The molecule has 0 unspecified atom stereocenters. The van der Waals surface area contributed by atoms with Crippen molar-refractivity contribution < 1.29 is 50.5 Å². The second-order valence-electron chi connectivity index (χ2n) is 15.2. The summed E-state index contributed by atoms with van der Waals surface area (Å²) >= 11 is 0. The van der Waals surface area contributed by atoms with Crippen molar-refractivity contribution in [3.63, 3.8) is 0 Å². The number of aliphatic hydroxyl groups is 1. The van der Waals surface area contributed by atoms with Gasteiger partial charge in [-0.05, 0) is 55.5 Å². The van der Waals surface area contributed by atoms with Crippen LogP contribution in [0.25, 0.3) is 22.2 Å². The Balaban J connectivity index is 1.25. The van der Waals surface area contributed by atoms with E-state index in [1.807, 2.05) is 25.5 Å². The number of nitrogen functional groups attached to an aromatic ring is 1. The topological polar surface area (TPSA) is 200 Å². The van der Waals surface area contributed by atoms with E-state index in [0.717, 1.165) is 0 Å². The van der Waals surface area contributed by atoms with E-state index in [0.29, 0.717) is 46.3 Å². The van der Waals surface area contributed by atoms with Crippen LogP contribution in [0, 0.1) is 23.1 Å². The zero-order valence-electron chi connectivity index (χ0n) is 33.5. The molecule has 1 aliphatic heterocycles. The van der Waals surface area contributed by atoms with Gasteiger partial charge in [-0.15, -0.1) is 0 Å². The molecule has 5 rings (SSSR count). The maximum atomic E-state index is 13.6. The number of hydrogen-bond acceptors (Lipinski definition) is 11. The Hall–Kier alpha value is -5.42. The van der Waals surface area contributed by atoms with Gasteiger partial charge in [-0.2, -0.15) is 13.9 Å². The number of alkyl halides is 2. The monoisotopic (exact) mass is 843 g/mol. The molecule has 3 atom stereocenters. The van der Waals surface area contributed by atoms with Gasteiger partial charge in [0, 0.05) is 31.9 Å². The molecule has 0 bridgehead atoms. The smallest absolute Gasteiger partial charge is 0.355 e. The first-order chi connectivity index (χ1) is 27.7. The molecule has 0 saturated carbocycles. The lowest BCUT2D eigenvalue weighted by Crippen LogP contribution is -2.64. The number of amides is 2. The predicted molar refractivity (Wildman–Crippen MR) is 214 cm³/mol. The first-order valence-electron chi connectivity index (χ1n) is 18.6. The number of carbonyl (C=O) groups is 2. The zero-order valence-corrected chi connectivity index (χ0v) is 34.3. The average Bonchev–Trinajstić information content (AvgIpc) is 3.76. The minimum absolute atomic E-state index is 0.00660. The minimum Gasteiger partial charge on any atom is -0.484 e. The van der Waals surface area contributed by atoms with Gasteiger partial charge < -0.3 is 35.3 Å². The number of pyridine rings is 1. The number of fused-ring (bicyclic) bond motifs is 1. The lowest BCUT2D eigenvalue weighted by Gasteiger charge is -2.43. The molecule has 2 aromatic heterocycles. The average molecular weight is 844 g/mol. The van der Waals surface area contributed by atoms with Crippen LogP contribution in [0.4, 0.5) is 24.7 Å². The van der Waals surface area contributed by atoms with Crippen LogP contribution in [-0.2, 0) is 36.1 Å². The quantitative estimate of drug-likeness (QED) is 0.0980. The summed E-state index contributed by atoms with van der Waals surface area (Å²) in [7, 11) is -3.40. The van der Waals surface area contributed by atoms with Gasteiger partial charge >= 0.3 is 5.76 Å². The van der Waals surface area contributed by atoms with Gasteiger partial charge in [0.25, 0.3) is 10.0 Å². The van der Waals surface area contributed by atoms with Crippen LogP contribution >= 0.6 is 0 Å². The van der Waals surface area contributed by atoms with Gasteiger partial charge in [0.1, 0.15) is 47.9 Å². The maximum absolute atomic E-state index is 13.6. The maximum Gasteiger partial charge on any atom is 0.355 e. The van der Waals surface area contributed by atoms with Crippen molar-refractivity contribution >= 4 is 44.2 Å². The molecule has 1 saturated heterocycles. The van der Waals surface area contributed by atoms with Gasteiger partial charge in [-0.1, -0.05) is 50.8 Å². The van der Waals surface area contributed by atoms with Crippen LogP contribution in [0.2, 0.25) is 0 Å².